The number of benzene rings is 1. The van der Waals surface area contributed by atoms with Gasteiger partial charge in [-0.15, -0.1) is 0 Å². The van der Waals surface area contributed by atoms with Crippen LogP contribution in [0.4, 0.5) is 5.69 Å². The Labute approximate surface area is 138 Å². The second-order valence-electron chi connectivity index (χ2n) is 5.46. The molecule has 1 aromatic rings. The number of unbranched alkanes of at least 4 members (excludes halogenated alkanes) is 1. The Kier molecular flexibility index (Phi) is 7.35. The maximum atomic E-state index is 12.1. The number of nitrogens with zero attached hydrogens (tertiary/aromatic N) is 1. The number of sulfonamides is 1. The molecular formula is C16H26N2O4S. The van der Waals surface area contributed by atoms with Gasteiger partial charge in [-0.25, -0.2) is 8.42 Å². The van der Waals surface area contributed by atoms with Gasteiger partial charge in [0.15, 0.2) is 0 Å². The smallest absolute Gasteiger partial charge is 0.232 e. The summed E-state index contributed by atoms with van der Waals surface area (Å²) in [5, 5.41) is 2.76. The molecule has 1 N–H and O–H groups in total. The van der Waals surface area contributed by atoms with Crippen LogP contribution in [0.15, 0.2) is 18.2 Å². The van der Waals surface area contributed by atoms with Gasteiger partial charge in [-0.3, -0.25) is 9.10 Å². The second kappa shape index (κ2) is 8.76. The van der Waals surface area contributed by atoms with Crippen molar-refractivity contribution in [3.05, 3.63) is 23.8 Å². The summed E-state index contributed by atoms with van der Waals surface area (Å²) in [5.41, 5.74) is 1.42. The first-order chi connectivity index (χ1) is 10.8. The zero-order chi connectivity index (χ0) is 17.5. The number of aryl methyl sites for hydroxylation is 1. The van der Waals surface area contributed by atoms with Crippen molar-refractivity contribution in [3.8, 4) is 5.75 Å². The van der Waals surface area contributed by atoms with E-state index in [1.807, 2.05) is 19.9 Å². The highest BCUT2D eigenvalue weighted by Gasteiger charge is 2.21. The molecule has 130 valence electrons. The van der Waals surface area contributed by atoms with Gasteiger partial charge < -0.3 is 10.1 Å². The largest absolute Gasteiger partial charge is 0.495 e. The van der Waals surface area contributed by atoms with E-state index in [0.717, 1.165) is 24.7 Å². The lowest BCUT2D eigenvalue weighted by molar-refractivity contribution is -0.121. The standard InChI is InChI=1S/C16H26N2O4S/c1-5-6-7-16(19)17-10-11-18(23(4,20)21)14-12-13(2)8-9-15(14)22-3/h8-9,12H,5-7,10-11H2,1-4H3,(H,17,19). The fourth-order valence-electron chi connectivity index (χ4n) is 2.18. The Balaban J connectivity index is 2.87. The molecule has 7 heteroatoms. The summed E-state index contributed by atoms with van der Waals surface area (Å²) in [6.45, 7) is 4.32. The zero-order valence-electron chi connectivity index (χ0n) is 14.3. The van der Waals surface area contributed by atoms with Crippen molar-refractivity contribution in [3.63, 3.8) is 0 Å². The van der Waals surface area contributed by atoms with Crippen molar-refractivity contribution < 1.29 is 17.9 Å². The van der Waals surface area contributed by atoms with Crippen molar-refractivity contribution >= 4 is 21.6 Å². The number of rotatable bonds is 9. The first kappa shape index (κ1) is 19.3. The molecule has 0 aromatic heterocycles. The molecule has 0 aliphatic carbocycles. The van der Waals surface area contributed by atoms with Crippen molar-refractivity contribution in [1.82, 2.24) is 5.32 Å². The van der Waals surface area contributed by atoms with Crippen molar-refractivity contribution in [1.29, 1.82) is 0 Å². The molecule has 0 unspecified atom stereocenters. The topological polar surface area (TPSA) is 75.7 Å². The first-order valence-corrected chi connectivity index (χ1v) is 9.53. The highest BCUT2D eigenvalue weighted by atomic mass is 32.2. The first-order valence-electron chi connectivity index (χ1n) is 7.68. The predicted octanol–water partition coefficient (Wildman–Crippen LogP) is 2.08. The van der Waals surface area contributed by atoms with Gasteiger partial charge in [-0.1, -0.05) is 19.4 Å². The summed E-state index contributed by atoms with van der Waals surface area (Å²) in [7, 11) is -1.98. The SMILES string of the molecule is CCCCC(=O)NCCN(c1cc(C)ccc1OC)S(C)(=O)=O. The molecule has 0 spiro atoms. The molecule has 0 radical (unpaired) electrons. The van der Waals surface area contributed by atoms with Crippen LogP contribution in [0.5, 0.6) is 5.75 Å². The number of nitrogens with one attached hydrogen (secondary N) is 1. The lowest BCUT2D eigenvalue weighted by atomic mass is 10.2. The lowest BCUT2D eigenvalue weighted by Crippen LogP contribution is -2.38. The van der Waals surface area contributed by atoms with Crippen molar-refractivity contribution in [2.24, 2.45) is 0 Å². The summed E-state index contributed by atoms with van der Waals surface area (Å²) in [5.74, 6) is 0.426. The third kappa shape index (κ3) is 6.09. The van der Waals surface area contributed by atoms with Crippen LogP contribution in [0.1, 0.15) is 31.7 Å². The number of hydrogen-bond acceptors (Lipinski definition) is 4. The minimum Gasteiger partial charge on any atom is -0.495 e. The quantitative estimate of drug-likeness (QED) is 0.745. The van der Waals surface area contributed by atoms with E-state index in [1.165, 1.54) is 11.4 Å². The number of ether oxygens (including phenoxy) is 1. The van der Waals surface area contributed by atoms with E-state index in [-0.39, 0.29) is 19.0 Å². The van der Waals surface area contributed by atoms with Gasteiger partial charge in [0, 0.05) is 13.0 Å². The number of amides is 1. The normalized spacial score (nSPS) is 11.1. The number of anilines is 1. The fraction of sp³-hybridized carbons (Fsp3) is 0.562. The third-order valence-electron chi connectivity index (χ3n) is 3.40. The molecule has 0 atom stereocenters. The van der Waals surface area contributed by atoms with Crippen LogP contribution in [0.25, 0.3) is 0 Å². The van der Waals surface area contributed by atoms with E-state index in [9.17, 15) is 13.2 Å². The van der Waals surface area contributed by atoms with Crippen LogP contribution in [0, 0.1) is 6.92 Å². The minimum atomic E-state index is -3.48. The van der Waals surface area contributed by atoms with Gasteiger partial charge in [0.1, 0.15) is 5.75 Å². The molecule has 0 saturated carbocycles. The Hall–Kier alpha value is -1.76. The number of carbonyl (C=O) groups excluding carboxylic acids is 1. The van der Waals surface area contributed by atoms with Gasteiger partial charge >= 0.3 is 0 Å². The molecule has 0 heterocycles. The van der Waals surface area contributed by atoms with Gasteiger partial charge in [0.25, 0.3) is 0 Å². The van der Waals surface area contributed by atoms with Crippen LogP contribution in [0.2, 0.25) is 0 Å². The van der Waals surface area contributed by atoms with Gasteiger partial charge in [-0.2, -0.15) is 0 Å². The summed E-state index contributed by atoms with van der Waals surface area (Å²) in [4.78, 5) is 11.6. The Bertz CT molecular complexity index is 629. The molecular weight excluding hydrogens is 316 g/mol. The Morgan fingerprint density at radius 1 is 1.35 bits per heavy atom. The van der Waals surface area contributed by atoms with E-state index >= 15 is 0 Å². The monoisotopic (exact) mass is 342 g/mol. The maximum Gasteiger partial charge on any atom is 0.232 e. The highest BCUT2D eigenvalue weighted by molar-refractivity contribution is 7.92. The van der Waals surface area contributed by atoms with Crippen molar-refractivity contribution in [2.75, 3.05) is 30.8 Å². The Morgan fingerprint density at radius 3 is 2.61 bits per heavy atom. The molecule has 1 rings (SSSR count). The third-order valence-corrected chi connectivity index (χ3v) is 4.58. The molecule has 0 bridgehead atoms. The van der Waals surface area contributed by atoms with Crippen LogP contribution in [-0.4, -0.2) is 40.8 Å². The predicted molar refractivity (Wildman–Crippen MR) is 92.5 cm³/mol. The molecule has 1 aromatic carbocycles. The number of methoxy groups -OCH3 is 1. The van der Waals surface area contributed by atoms with Gasteiger partial charge in [0.2, 0.25) is 15.9 Å². The number of carbonyl (C=O) groups is 1. The van der Waals surface area contributed by atoms with Gasteiger partial charge in [0.05, 0.1) is 25.6 Å². The van der Waals surface area contributed by atoms with E-state index in [1.54, 1.807) is 12.1 Å². The molecule has 0 aliphatic heterocycles. The number of hydrogen-bond donors (Lipinski definition) is 1. The van der Waals surface area contributed by atoms with Crippen LogP contribution in [0.3, 0.4) is 0 Å². The van der Waals surface area contributed by atoms with Crippen LogP contribution in [-0.2, 0) is 14.8 Å². The van der Waals surface area contributed by atoms with Crippen molar-refractivity contribution in [2.45, 2.75) is 33.1 Å². The average molecular weight is 342 g/mol. The summed E-state index contributed by atoms with van der Waals surface area (Å²) in [6, 6.07) is 5.36. The lowest BCUT2D eigenvalue weighted by Gasteiger charge is -2.24. The van der Waals surface area contributed by atoms with Crippen LogP contribution >= 0.6 is 0 Å². The molecule has 1 amide bonds. The highest BCUT2D eigenvalue weighted by Crippen LogP contribution is 2.30. The van der Waals surface area contributed by atoms with E-state index in [0.29, 0.717) is 17.9 Å². The average Bonchev–Trinajstić information content (AvgIpc) is 2.48. The molecule has 6 nitrogen and oxygen atoms in total. The Morgan fingerprint density at radius 2 is 2.04 bits per heavy atom. The fourth-order valence-corrected chi connectivity index (χ4v) is 3.11. The maximum absolute atomic E-state index is 12.1. The summed E-state index contributed by atoms with van der Waals surface area (Å²) >= 11 is 0. The second-order valence-corrected chi connectivity index (χ2v) is 7.37. The van der Waals surface area contributed by atoms with E-state index in [2.05, 4.69) is 5.32 Å². The molecule has 0 saturated heterocycles. The molecule has 0 aliphatic rings. The van der Waals surface area contributed by atoms with E-state index in [4.69, 9.17) is 4.74 Å². The molecule has 23 heavy (non-hydrogen) atoms. The zero-order valence-corrected chi connectivity index (χ0v) is 15.1. The van der Waals surface area contributed by atoms with Gasteiger partial charge in [-0.05, 0) is 31.0 Å². The molecule has 0 fully saturated rings. The minimum absolute atomic E-state index is 0.0588. The van der Waals surface area contributed by atoms with E-state index < -0.39 is 10.0 Å². The van der Waals surface area contributed by atoms with Crippen LogP contribution < -0.4 is 14.4 Å². The summed E-state index contributed by atoms with van der Waals surface area (Å²) < 4.78 is 30.8. The summed E-state index contributed by atoms with van der Waals surface area (Å²) in [6.07, 6.45) is 3.38.